The van der Waals surface area contributed by atoms with Gasteiger partial charge >= 0.3 is 0 Å². The molecule has 0 radical (unpaired) electrons. The lowest BCUT2D eigenvalue weighted by Gasteiger charge is -2.02. The monoisotopic (exact) mass is 456 g/mol. The number of allylic oxidation sites excluding steroid dienone is 4. The van der Waals surface area contributed by atoms with Crippen molar-refractivity contribution in [3.63, 3.8) is 0 Å². The van der Waals surface area contributed by atoms with Crippen LogP contribution in [0.3, 0.4) is 0 Å². The van der Waals surface area contributed by atoms with E-state index in [0.29, 0.717) is 11.1 Å². The second-order valence-corrected chi connectivity index (χ2v) is 8.35. The molecule has 0 bridgehead atoms. The molecule has 0 N–H and O–H groups in total. The van der Waals surface area contributed by atoms with E-state index in [0.717, 1.165) is 41.5 Å². The van der Waals surface area contributed by atoms with E-state index in [9.17, 15) is 9.59 Å². The molecule has 0 aromatic heterocycles. The number of hydrogen-bond acceptors (Lipinski definition) is 2. The Morgan fingerprint density at radius 1 is 0.457 bits per heavy atom. The Hall–Kier alpha value is -4.30. The Morgan fingerprint density at radius 3 is 1.17 bits per heavy atom. The summed E-state index contributed by atoms with van der Waals surface area (Å²) in [7, 11) is 0. The Balaban J connectivity index is 1.19. The van der Waals surface area contributed by atoms with Crippen molar-refractivity contribution in [2.45, 2.75) is 19.3 Å². The fourth-order valence-corrected chi connectivity index (χ4v) is 3.84. The van der Waals surface area contributed by atoms with Gasteiger partial charge in [-0.05, 0) is 53.7 Å². The van der Waals surface area contributed by atoms with Gasteiger partial charge in [-0.25, -0.2) is 0 Å². The summed E-state index contributed by atoms with van der Waals surface area (Å²) in [5.74, 6) is 0.0172. The van der Waals surface area contributed by atoms with Crippen LogP contribution in [-0.2, 0) is 0 Å². The summed E-state index contributed by atoms with van der Waals surface area (Å²) in [5, 5.41) is 0. The van der Waals surface area contributed by atoms with Crippen LogP contribution in [-0.4, -0.2) is 11.6 Å². The van der Waals surface area contributed by atoms with Crippen molar-refractivity contribution < 1.29 is 9.59 Å². The summed E-state index contributed by atoms with van der Waals surface area (Å²) in [6.45, 7) is 0. The lowest BCUT2D eigenvalue weighted by molar-refractivity contribution is 0.103. The lowest BCUT2D eigenvalue weighted by Crippen LogP contribution is -1.94. The molecule has 0 unspecified atom stereocenters. The van der Waals surface area contributed by atoms with Crippen LogP contribution >= 0.6 is 0 Å². The van der Waals surface area contributed by atoms with Crippen molar-refractivity contribution in [1.82, 2.24) is 0 Å². The van der Waals surface area contributed by atoms with Gasteiger partial charge in [0.2, 0.25) is 0 Å². The normalized spacial score (nSPS) is 11.2. The molecule has 172 valence electrons. The summed E-state index contributed by atoms with van der Waals surface area (Å²) in [4.78, 5) is 24.8. The van der Waals surface area contributed by atoms with Gasteiger partial charge in [-0.2, -0.15) is 0 Å². The molecule has 4 aromatic rings. The molecule has 0 saturated heterocycles. The van der Waals surface area contributed by atoms with Gasteiger partial charge in [0.05, 0.1) is 0 Å². The topological polar surface area (TPSA) is 34.1 Å². The van der Waals surface area contributed by atoms with Crippen LogP contribution in [0, 0.1) is 0 Å². The first-order chi connectivity index (χ1) is 17.2. The predicted octanol–water partition coefficient (Wildman–Crippen LogP) is 8.37. The maximum Gasteiger partial charge on any atom is 0.185 e. The van der Waals surface area contributed by atoms with Crippen molar-refractivity contribution in [3.05, 3.63) is 145 Å². The fourth-order valence-electron chi connectivity index (χ4n) is 3.84. The second-order valence-electron chi connectivity index (χ2n) is 8.35. The molecule has 2 nitrogen and oxygen atoms in total. The third-order valence-corrected chi connectivity index (χ3v) is 5.83. The Bertz CT molecular complexity index is 1190. The van der Waals surface area contributed by atoms with Crippen molar-refractivity contribution in [3.8, 4) is 22.3 Å². The predicted molar refractivity (Wildman–Crippen MR) is 145 cm³/mol. The van der Waals surface area contributed by atoms with Gasteiger partial charge < -0.3 is 0 Å². The van der Waals surface area contributed by atoms with Gasteiger partial charge in [-0.3, -0.25) is 9.59 Å². The highest BCUT2D eigenvalue weighted by atomic mass is 16.1. The first kappa shape index (κ1) is 23.8. The minimum atomic E-state index is 0.00859. The number of unbranched alkanes of at least 4 members (excludes halogenated alkanes) is 2. The molecule has 2 heteroatoms. The number of carbonyl (C=O) groups excluding carboxylic acids is 2. The lowest BCUT2D eigenvalue weighted by atomic mass is 10.0. The average molecular weight is 457 g/mol. The third kappa shape index (κ3) is 6.84. The van der Waals surface area contributed by atoms with E-state index in [1.54, 1.807) is 12.2 Å². The number of carbonyl (C=O) groups is 2. The van der Waals surface area contributed by atoms with Crippen LogP contribution in [0.4, 0.5) is 0 Å². The van der Waals surface area contributed by atoms with E-state index in [-0.39, 0.29) is 11.6 Å². The van der Waals surface area contributed by atoms with Crippen LogP contribution in [0.25, 0.3) is 22.3 Å². The first-order valence-electron chi connectivity index (χ1n) is 11.9. The smallest absolute Gasteiger partial charge is 0.185 e. The van der Waals surface area contributed by atoms with E-state index in [2.05, 4.69) is 24.3 Å². The Kier molecular flexibility index (Phi) is 8.34. The zero-order valence-corrected chi connectivity index (χ0v) is 19.6. The Morgan fingerprint density at radius 2 is 0.800 bits per heavy atom. The molecule has 0 aliphatic heterocycles. The highest BCUT2D eigenvalue weighted by Crippen LogP contribution is 2.20. The van der Waals surface area contributed by atoms with E-state index in [1.165, 1.54) is 0 Å². The van der Waals surface area contributed by atoms with Crippen molar-refractivity contribution in [2.75, 3.05) is 0 Å². The molecule has 0 amide bonds. The van der Waals surface area contributed by atoms with Gasteiger partial charge in [0.1, 0.15) is 0 Å². The first-order valence-corrected chi connectivity index (χ1v) is 11.9. The van der Waals surface area contributed by atoms with Crippen molar-refractivity contribution in [1.29, 1.82) is 0 Å². The van der Waals surface area contributed by atoms with Crippen LogP contribution < -0.4 is 0 Å². The summed E-state index contributed by atoms with van der Waals surface area (Å²) in [5.41, 5.74) is 5.84. The summed E-state index contributed by atoms with van der Waals surface area (Å²) in [6.07, 6.45) is 9.56. The van der Waals surface area contributed by atoms with Gasteiger partial charge in [-0.1, -0.05) is 121 Å². The summed E-state index contributed by atoms with van der Waals surface area (Å²) >= 11 is 0. The molecule has 0 heterocycles. The minimum absolute atomic E-state index is 0.00859. The van der Waals surface area contributed by atoms with Gasteiger partial charge in [0.25, 0.3) is 0 Å². The second kappa shape index (κ2) is 12.2. The maximum atomic E-state index is 12.4. The molecule has 0 atom stereocenters. The molecular formula is C33H28O2. The molecule has 35 heavy (non-hydrogen) atoms. The summed E-state index contributed by atoms with van der Waals surface area (Å²) in [6, 6.07) is 35.6. The third-order valence-electron chi connectivity index (χ3n) is 5.83. The van der Waals surface area contributed by atoms with Crippen LogP contribution in [0.5, 0.6) is 0 Å². The van der Waals surface area contributed by atoms with Crippen molar-refractivity contribution >= 4 is 11.6 Å². The van der Waals surface area contributed by atoms with E-state index in [4.69, 9.17) is 0 Å². The maximum absolute atomic E-state index is 12.4. The molecule has 0 saturated carbocycles. The number of rotatable bonds is 10. The largest absolute Gasteiger partial charge is 0.289 e. The molecule has 0 aliphatic carbocycles. The number of ketones is 2. The van der Waals surface area contributed by atoms with Gasteiger partial charge in [-0.15, -0.1) is 0 Å². The molecule has 0 aliphatic rings. The highest BCUT2D eigenvalue weighted by molar-refractivity contribution is 6.05. The fraction of sp³-hybridized carbons (Fsp3) is 0.0909. The van der Waals surface area contributed by atoms with E-state index >= 15 is 0 Å². The van der Waals surface area contributed by atoms with Crippen LogP contribution in [0.2, 0.25) is 0 Å². The Labute approximate surface area is 207 Å². The van der Waals surface area contributed by atoms with Crippen molar-refractivity contribution in [2.24, 2.45) is 0 Å². The van der Waals surface area contributed by atoms with Gasteiger partial charge in [0.15, 0.2) is 11.6 Å². The zero-order valence-electron chi connectivity index (χ0n) is 19.6. The molecule has 4 aromatic carbocycles. The molecule has 0 fully saturated rings. The molecule has 0 spiro atoms. The number of hydrogen-bond donors (Lipinski definition) is 0. The van der Waals surface area contributed by atoms with Gasteiger partial charge in [0, 0.05) is 11.1 Å². The average Bonchev–Trinajstić information content (AvgIpc) is 2.93. The number of benzene rings is 4. The molecular weight excluding hydrogens is 428 g/mol. The zero-order chi connectivity index (χ0) is 24.3. The SMILES string of the molecule is O=C(/C=C/CCC/C=C/C(=O)c1ccc(-c2ccccc2)cc1)c1ccc(-c2ccccc2)cc1. The molecule has 4 rings (SSSR count). The van der Waals surface area contributed by atoms with E-state index in [1.807, 2.05) is 97.1 Å². The van der Waals surface area contributed by atoms with Crippen LogP contribution in [0.1, 0.15) is 40.0 Å². The highest BCUT2D eigenvalue weighted by Gasteiger charge is 2.04. The van der Waals surface area contributed by atoms with Crippen LogP contribution in [0.15, 0.2) is 133 Å². The summed E-state index contributed by atoms with van der Waals surface area (Å²) < 4.78 is 0. The standard InChI is InChI=1S/C33H28O2/c34-32(30-22-18-28(19-23-30)26-12-6-4-7-13-26)16-10-2-1-3-11-17-33(35)31-24-20-29(21-25-31)27-14-8-5-9-15-27/h4-25H,1-3H2/b16-10+,17-11+. The quantitative estimate of drug-likeness (QED) is 0.136. The van der Waals surface area contributed by atoms with E-state index < -0.39 is 0 Å². The minimum Gasteiger partial charge on any atom is -0.289 e.